The average molecular weight is 297 g/mol. The molecule has 0 amide bonds. The molecule has 3 heterocycles. The molecule has 1 aliphatic heterocycles. The fraction of sp³-hybridized carbons (Fsp3) is 0.471. The van der Waals surface area contributed by atoms with Gasteiger partial charge in [-0.2, -0.15) is 0 Å². The summed E-state index contributed by atoms with van der Waals surface area (Å²) in [6.45, 7) is 8.05. The maximum atomic E-state index is 4.56. The molecule has 0 aliphatic carbocycles. The first-order valence-corrected chi connectivity index (χ1v) is 7.86. The monoisotopic (exact) mass is 297 g/mol. The predicted octanol–water partition coefficient (Wildman–Crippen LogP) is 2.88. The molecule has 0 unspecified atom stereocenters. The number of nitrogens with one attached hydrogen (secondary N) is 1. The van der Waals surface area contributed by atoms with Gasteiger partial charge in [0.25, 0.3) is 0 Å². The van der Waals surface area contributed by atoms with E-state index < -0.39 is 0 Å². The Bertz CT molecular complexity index is 627. The highest BCUT2D eigenvalue weighted by Gasteiger charge is 2.20. The summed E-state index contributed by atoms with van der Waals surface area (Å²) in [5, 5.41) is 3.62. The largest absolute Gasteiger partial charge is 0.382 e. The van der Waals surface area contributed by atoms with Crippen LogP contribution in [0.15, 0.2) is 24.4 Å². The van der Waals surface area contributed by atoms with Gasteiger partial charge in [0.05, 0.1) is 0 Å². The summed E-state index contributed by atoms with van der Waals surface area (Å²) in [5.41, 5.74) is 3.25. The van der Waals surface area contributed by atoms with Gasteiger partial charge in [0, 0.05) is 48.5 Å². The molecule has 1 fully saturated rings. The highest BCUT2D eigenvalue weighted by Crippen LogP contribution is 2.21. The molecular weight excluding hydrogens is 274 g/mol. The van der Waals surface area contributed by atoms with E-state index >= 15 is 0 Å². The molecule has 3 rings (SSSR count). The minimum Gasteiger partial charge on any atom is -0.382 e. The third-order valence-electron chi connectivity index (χ3n) is 4.04. The highest BCUT2D eigenvalue weighted by atomic mass is 15.2. The van der Waals surface area contributed by atoms with Crippen LogP contribution in [0.2, 0.25) is 0 Å². The second-order valence-corrected chi connectivity index (χ2v) is 6.01. The fourth-order valence-corrected chi connectivity index (χ4v) is 2.98. The van der Waals surface area contributed by atoms with Gasteiger partial charge in [0.15, 0.2) is 0 Å². The number of aromatic nitrogens is 3. The van der Waals surface area contributed by atoms with Gasteiger partial charge in [-0.25, -0.2) is 9.97 Å². The molecule has 116 valence electrons. The van der Waals surface area contributed by atoms with E-state index in [1.807, 2.05) is 33.0 Å². The molecule has 0 bridgehead atoms. The standard InChI is InChI=1S/C17H23N5/c1-12-10-16(4-7-18-12)21-15-5-8-22(9-6-15)17-11-13(2)19-14(3)20-17/h4,7,10-11,15H,5-6,8-9H2,1-3H3,(H,18,21). The molecule has 2 aromatic heterocycles. The van der Waals surface area contributed by atoms with Crippen LogP contribution in [0, 0.1) is 20.8 Å². The van der Waals surface area contributed by atoms with Crippen molar-refractivity contribution in [3.63, 3.8) is 0 Å². The average Bonchev–Trinajstić information content (AvgIpc) is 2.47. The van der Waals surface area contributed by atoms with E-state index in [0.717, 1.165) is 49.0 Å². The van der Waals surface area contributed by atoms with Crippen molar-refractivity contribution in [3.8, 4) is 0 Å². The summed E-state index contributed by atoms with van der Waals surface area (Å²) in [5.74, 6) is 1.91. The lowest BCUT2D eigenvalue weighted by Crippen LogP contribution is -2.39. The first kappa shape index (κ1) is 14.8. The normalized spacial score (nSPS) is 15.9. The number of piperidine rings is 1. The van der Waals surface area contributed by atoms with Crippen molar-refractivity contribution in [1.29, 1.82) is 0 Å². The van der Waals surface area contributed by atoms with Crippen molar-refractivity contribution < 1.29 is 0 Å². The van der Waals surface area contributed by atoms with Gasteiger partial charge in [-0.3, -0.25) is 4.98 Å². The van der Waals surface area contributed by atoms with Crippen molar-refractivity contribution in [2.75, 3.05) is 23.3 Å². The summed E-state index contributed by atoms with van der Waals surface area (Å²) in [7, 11) is 0. The molecule has 5 heteroatoms. The lowest BCUT2D eigenvalue weighted by molar-refractivity contribution is 0.523. The molecule has 2 aromatic rings. The van der Waals surface area contributed by atoms with Gasteiger partial charge in [0.1, 0.15) is 11.6 Å². The Kier molecular flexibility index (Phi) is 4.22. The van der Waals surface area contributed by atoms with Crippen molar-refractivity contribution in [2.45, 2.75) is 39.7 Å². The van der Waals surface area contributed by atoms with Crippen molar-refractivity contribution in [3.05, 3.63) is 41.6 Å². The van der Waals surface area contributed by atoms with Crippen LogP contribution >= 0.6 is 0 Å². The molecule has 0 spiro atoms. The molecule has 0 atom stereocenters. The zero-order valence-electron chi connectivity index (χ0n) is 13.5. The Labute approximate surface area is 131 Å². The second-order valence-electron chi connectivity index (χ2n) is 6.01. The Morgan fingerprint density at radius 2 is 1.82 bits per heavy atom. The molecule has 1 aliphatic rings. The third kappa shape index (κ3) is 3.53. The van der Waals surface area contributed by atoms with Crippen molar-refractivity contribution in [2.24, 2.45) is 0 Å². The number of hydrogen-bond donors (Lipinski definition) is 1. The van der Waals surface area contributed by atoms with Gasteiger partial charge < -0.3 is 10.2 Å². The molecule has 0 radical (unpaired) electrons. The SMILES string of the molecule is Cc1cc(NC2CCN(c3cc(C)nc(C)n3)CC2)ccn1. The lowest BCUT2D eigenvalue weighted by Gasteiger charge is -2.33. The van der Waals surface area contributed by atoms with Gasteiger partial charge in [-0.05, 0) is 45.7 Å². The van der Waals surface area contributed by atoms with Crippen LogP contribution in [-0.4, -0.2) is 34.1 Å². The van der Waals surface area contributed by atoms with E-state index in [9.17, 15) is 0 Å². The van der Waals surface area contributed by atoms with Gasteiger partial charge in [-0.1, -0.05) is 0 Å². The zero-order valence-corrected chi connectivity index (χ0v) is 13.5. The van der Waals surface area contributed by atoms with E-state index in [2.05, 4.69) is 37.3 Å². The Morgan fingerprint density at radius 1 is 1.05 bits per heavy atom. The van der Waals surface area contributed by atoms with Crippen LogP contribution in [0.3, 0.4) is 0 Å². The van der Waals surface area contributed by atoms with E-state index in [4.69, 9.17) is 0 Å². The number of nitrogens with zero attached hydrogens (tertiary/aromatic N) is 4. The minimum atomic E-state index is 0.516. The molecule has 1 saturated heterocycles. The summed E-state index contributed by atoms with van der Waals surface area (Å²) < 4.78 is 0. The van der Waals surface area contributed by atoms with Crippen molar-refractivity contribution in [1.82, 2.24) is 15.0 Å². The molecule has 0 saturated carbocycles. The van der Waals surface area contributed by atoms with Crippen LogP contribution in [0.5, 0.6) is 0 Å². The fourth-order valence-electron chi connectivity index (χ4n) is 2.98. The second kappa shape index (κ2) is 6.30. The van der Waals surface area contributed by atoms with Crippen LogP contribution in [-0.2, 0) is 0 Å². The van der Waals surface area contributed by atoms with E-state index in [1.54, 1.807) is 0 Å². The third-order valence-corrected chi connectivity index (χ3v) is 4.04. The van der Waals surface area contributed by atoms with Crippen molar-refractivity contribution >= 4 is 11.5 Å². The van der Waals surface area contributed by atoms with E-state index in [0.29, 0.717) is 6.04 Å². The maximum absolute atomic E-state index is 4.56. The zero-order chi connectivity index (χ0) is 15.5. The Balaban J connectivity index is 1.60. The van der Waals surface area contributed by atoms with E-state index in [-0.39, 0.29) is 0 Å². The summed E-state index contributed by atoms with van der Waals surface area (Å²) in [4.78, 5) is 15.5. The molecule has 5 nitrogen and oxygen atoms in total. The lowest BCUT2D eigenvalue weighted by atomic mass is 10.0. The smallest absolute Gasteiger partial charge is 0.132 e. The summed E-state index contributed by atoms with van der Waals surface area (Å²) >= 11 is 0. The summed E-state index contributed by atoms with van der Waals surface area (Å²) in [6.07, 6.45) is 4.09. The Hall–Kier alpha value is -2.17. The number of rotatable bonds is 3. The Morgan fingerprint density at radius 3 is 2.50 bits per heavy atom. The molecule has 1 N–H and O–H groups in total. The summed E-state index contributed by atoms with van der Waals surface area (Å²) in [6, 6.07) is 6.73. The molecular formula is C17H23N5. The van der Waals surface area contributed by atoms with E-state index in [1.165, 1.54) is 5.69 Å². The quantitative estimate of drug-likeness (QED) is 0.944. The van der Waals surface area contributed by atoms with Gasteiger partial charge in [0.2, 0.25) is 0 Å². The van der Waals surface area contributed by atoms with Crippen LogP contribution in [0.4, 0.5) is 11.5 Å². The van der Waals surface area contributed by atoms with Crippen LogP contribution in [0.1, 0.15) is 30.1 Å². The first-order chi connectivity index (χ1) is 10.6. The molecule has 0 aromatic carbocycles. The first-order valence-electron chi connectivity index (χ1n) is 7.86. The predicted molar refractivity (Wildman–Crippen MR) is 89.3 cm³/mol. The van der Waals surface area contributed by atoms with Crippen LogP contribution < -0.4 is 10.2 Å². The maximum Gasteiger partial charge on any atom is 0.132 e. The minimum absolute atomic E-state index is 0.516. The number of pyridine rings is 1. The molecule has 22 heavy (non-hydrogen) atoms. The number of anilines is 2. The van der Waals surface area contributed by atoms with Gasteiger partial charge >= 0.3 is 0 Å². The number of hydrogen-bond acceptors (Lipinski definition) is 5. The van der Waals surface area contributed by atoms with Gasteiger partial charge in [-0.15, -0.1) is 0 Å². The number of aryl methyl sites for hydroxylation is 3. The topological polar surface area (TPSA) is 53.9 Å². The van der Waals surface area contributed by atoms with Crippen LogP contribution in [0.25, 0.3) is 0 Å². The highest BCUT2D eigenvalue weighted by molar-refractivity contribution is 5.45.